The summed E-state index contributed by atoms with van der Waals surface area (Å²) in [6, 6.07) is 19.7. The maximum absolute atomic E-state index is 13.1. The van der Waals surface area contributed by atoms with Gasteiger partial charge in [-0.2, -0.15) is 4.31 Å². The van der Waals surface area contributed by atoms with Crippen LogP contribution in [0.15, 0.2) is 77.7 Å². The third-order valence-corrected chi connectivity index (χ3v) is 7.71. The lowest BCUT2D eigenvalue weighted by atomic mass is 10.1. The normalized spacial score (nSPS) is 14.2. The van der Waals surface area contributed by atoms with Crippen LogP contribution in [0.1, 0.15) is 40.0 Å². The minimum atomic E-state index is -3.66. The van der Waals surface area contributed by atoms with Crippen molar-refractivity contribution in [3.05, 3.63) is 83.9 Å². The Labute approximate surface area is 205 Å². The fourth-order valence-electron chi connectivity index (χ4n) is 3.89. The van der Waals surface area contributed by atoms with Crippen molar-refractivity contribution in [2.75, 3.05) is 30.8 Å². The third kappa shape index (κ3) is 5.70. The van der Waals surface area contributed by atoms with Gasteiger partial charge in [0.2, 0.25) is 10.0 Å². The van der Waals surface area contributed by atoms with Crippen molar-refractivity contribution in [2.45, 2.75) is 24.2 Å². The average Bonchev–Trinajstić information content (AvgIpc) is 2.90. The van der Waals surface area contributed by atoms with E-state index >= 15 is 0 Å². The summed E-state index contributed by atoms with van der Waals surface area (Å²) in [7, 11) is -2.21. The molecule has 2 N–H and O–H groups in total. The minimum Gasteiger partial charge on any atom is -0.495 e. The molecule has 0 saturated carbocycles. The summed E-state index contributed by atoms with van der Waals surface area (Å²) in [5.41, 5.74) is 1.68. The van der Waals surface area contributed by atoms with Gasteiger partial charge in [0.05, 0.1) is 17.7 Å². The van der Waals surface area contributed by atoms with Crippen molar-refractivity contribution < 1.29 is 22.7 Å². The summed E-state index contributed by atoms with van der Waals surface area (Å²) in [6.45, 7) is 0.979. The van der Waals surface area contributed by atoms with Gasteiger partial charge in [-0.1, -0.05) is 24.6 Å². The number of hydrogen-bond acceptors (Lipinski definition) is 5. The smallest absolute Gasteiger partial charge is 0.255 e. The van der Waals surface area contributed by atoms with Crippen LogP contribution >= 0.6 is 0 Å². The second kappa shape index (κ2) is 10.7. The van der Waals surface area contributed by atoms with E-state index in [4.69, 9.17) is 4.74 Å². The van der Waals surface area contributed by atoms with Gasteiger partial charge < -0.3 is 15.4 Å². The first-order valence-electron chi connectivity index (χ1n) is 11.3. The summed E-state index contributed by atoms with van der Waals surface area (Å²) in [5, 5.41) is 5.53. The molecule has 0 spiro atoms. The quantitative estimate of drug-likeness (QED) is 0.508. The van der Waals surface area contributed by atoms with E-state index in [1.54, 1.807) is 48.5 Å². The highest BCUT2D eigenvalue weighted by Crippen LogP contribution is 2.30. The summed E-state index contributed by atoms with van der Waals surface area (Å²) in [6.07, 6.45) is 2.69. The number of amides is 2. The molecule has 35 heavy (non-hydrogen) atoms. The Morgan fingerprint density at radius 3 is 2.09 bits per heavy atom. The molecule has 1 heterocycles. The molecule has 0 aromatic heterocycles. The van der Waals surface area contributed by atoms with E-state index in [1.165, 1.54) is 29.6 Å². The molecule has 0 unspecified atom stereocenters. The molecule has 3 aromatic carbocycles. The van der Waals surface area contributed by atoms with Gasteiger partial charge in [-0.05, 0) is 67.4 Å². The number of rotatable bonds is 7. The molecule has 9 heteroatoms. The van der Waals surface area contributed by atoms with Crippen LogP contribution in [0.3, 0.4) is 0 Å². The van der Waals surface area contributed by atoms with Crippen LogP contribution in [0.4, 0.5) is 11.4 Å². The first-order chi connectivity index (χ1) is 16.9. The number of sulfonamides is 1. The van der Waals surface area contributed by atoms with Crippen LogP contribution in [0, 0.1) is 0 Å². The lowest BCUT2D eigenvalue weighted by Crippen LogP contribution is -2.35. The van der Waals surface area contributed by atoms with Crippen LogP contribution < -0.4 is 15.4 Å². The fourth-order valence-corrected chi connectivity index (χ4v) is 5.44. The van der Waals surface area contributed by atoms with Crippen LogP contribution in [0.5, 0.6) is 5.75 Å². The van der Waals surface area contributed by atoms with Gasteiger partial charge in [0.1, 0.15) is 5.75 Å². The Kier molecular flexibility index (Phi) is 7.48. The van der Waals surface area contributed by atoms with Crippen molar-refractivity contribution in [2.24, 2.45) is 0 Å². The molecule has 8 nitrogen and oxygen atoms in total. The number of piperidine rings is 1. The van der Waals surface area contributed by atoms with Crippen molar-refractivity contribution in [1.82, 2.24) is 4.31 Å². The molecule has 0 bridgehead atoms. The van der Waals surface area contributed by atoms with Gasteiger partial charge in [0.25, 0.3) is 11.8 Å². The number of nitrogens with zero attached hydrogens (tertiary/aromatic N) is 1. The zero-order valence-electron chi connectivity index (χ0n) is 19.4. The number of hydrogen-bond donors (Lipinski definition) is 2. The van der Waals surface area contributed by atoms with E-state index in [0.29, 0.717) is 35.7 Å². The van der Waals surface area contributed by atoms with Crippen molar-refractivity contribution in [3.8, 4) is 5.75 Å². The van der Waals surface area contributed by atoms with Crippen molar-refractivity contribution in [3.63, 3.8) is 0 Å². The van der Waals surface area contributed by atoms with E-state index in [1.807, 2.05) is 6.07 Å². The molecule has 1 aliphatic heterocycles. The summed E-state index contributed by atoms with van der Waals surface area (Å²) in [5.74, 6) is -0.335. The zero-order chi connectivity index (χ0) is 24.8. The maximum atomic E-state index is 13.1. The van der Waals surface area contributed by atoms with Gasteiger partial charge in [-0.25, -0.2) is 8.42 Å². The van der Waals surface area contributed by atoms with Crippen LogP contribution in [0.25, 0.3) is 0 Å². The molecule has 1 aliphatic rings. The summed E-state index contributed by atoms with van der Waals surface area (Å²) < 4.78 is 32.9. The molecule has 3 aromatic rings. The standard InChI is InChI=1S/C26H27N3O5S/c1-34-24-15-14-22(35(32,33)29-16-6-3-7-17-29)18-23(24)28-26(31)20-10-12-21(13-11-20)27-25(30)19-8-4-2-5-9-19/h2,4-5,8-15,18H,3,6-7,16-17H2,1H3,(H,27,30)(H,28,31). The van der Waals surface area contributed by atoms with Crippen LogP contribution in [-0.2, 0) is 10.0 Å². The van der Waals surface area contributed by atoms with Gasteiger partial charge in [-0.15, -0.1) is 0 Å². The van der Waals surface area contributed by atoms with E-state index in [-0.39, 0.29) is 16.5 Å². The van der Waals surface area contributed by atoms with Crippen LogP contribution in [0.2, 0.25) is 0 Å². The number of benzene rings is 3. The molecule has 1 saturated heterocycles. The molecule has 0 aliphatic carbocycles. The second-order valence-corrected chi connectivity index (χ2v) is 10.1. The van der Waals surface area contributed by atoms with Crippen molar-refractivity contribution >= 4 is 33.2 Å². The molecule has 0 radical (unpaired) electrons. The van der Waals surface area contributed by atoms with Crippen LogP contribution in [-0.4, -0.2) is 44.7 Å². The lowest BCUT2D eigenvalue weighted by Gasteiger charge is -2.26. The monoisotopic (exact) mass is 493 g/mol. The number of methoxy groups -OCH3 is 1. The highest BCUT2D eigenvalue weighted by atomic mass is 32.2. The molecule has 182 valence electrons. The maximum Gasteiger partial charge on any atom is 0.255 e. The molecule has 0 atom stereocenters. The van der Waals surface area contributed by atoms with Gasteiger partial charge >= 0.3 is 0 Å². The Bertz CT molecular complexity index is 1300. The van der Waals surface area contributed by atoms with Crippen molar-refractivity contribution in [1.29, 1.82) is 0 Å². The first kappa shape index (κ1) is 24.4. The molecular formula is C26H27N3O5S. The van der Waals surface area contributed by atoms with E-state index in [9.17, 15) is 18.0 Å². The predicted octanol–water partition coefficient (Wildman–Crippen LogP) is 4.37. The number of ether oxygens (including phenoxy) is 1. The average molecular weight is 494 g/mol. The largest absolute Gasteiger partial charge is 0.495 e. The number of anilines is 2. The number of carbonyl (C=O) groups excluding carboxylic acids is 2. The third-order valence-electron chi connectivity index (χ3n) is 5.81. The molecule has 4 rings (SSSR count). The zero-order valence-corrected chi connectivity index (χ0v) is 20.2. The Morgan fingerprint density at radius 1 is 0.800 bits per heavy atom. The lowest BCUT2D eigenvalue weighted by molar-refractivity contribution is 0.101. The number of nitrogens with one attached hydrogen (secondary N) is 2. The Hall–Kier alpha value is -3.69. The SMILES string of the molecule is COc1ccc(S(=O)(=O)N2CCCCC2)cc1NC(=O)c1ccc(NC(=O)c2ccccc2)cc1. The summed E-state index contributed by atoms with van der Waals surface area (Å²) in [4.78, 5) is 25.3. The number of carbonyl (C=O) groups is 2. The van der Waals surface area contributed by atoms with Gasteiger partial charge in [-0.3, -0.25) is 9.59 Å². The minimum absolute atomic E-state index is 0.106. The van der Waals surface area contributed by atoms with Gasteiger partial charge in [0.15, 0.2) is 0 Å². The Morgan fingerprint density at radius 2 is 1.43 bits per heavy atom. The summed E-state index contributed by atoms with van der Waals surface area (Å²) >= 11 is 0. The predicted molar refractivity (Wildman–Crippen MR) is 134 cm³/mol. The fraction of sp³-hybridized carbons (Fsp3) is 0.231. The molecule has 1 fully saturated rings. The highest BCUT2D eigenvalue weighted by molar-refractivity contribution is 7.89. The molecular weight excluding hydrogens is 466 g/mol. The topological polar surface area (TPSA) is 105 Å². The first-order valence-corrected chi connectivity index (χ1v) is 12.8. The Balaban J connectivity index is 1.49. The second-order valence-electron chi connectivity index (χ2n) is 8.18. The van der Waals surface area contributed by atoms with E-state index in [2.05, 4.69) is 10.6 Å². The molecule has 2 amide bonds. The highest BCUT2D eigenvalue weighted by Gasteiger charge is 2.27. The van der Waals surface area contributed by atoms with Gasteiger partial charge in [0, 0.05) is 29.9 Å². The van der Waals surface area contributed by atoms with E-state index < -0.39 is 15.9 Å². The van der Waals surface area contributed by atoms with E-state index in [0.717, 1.165) is 19.3 Å².